The fourth-order valence-electron chi connectivity index (χ4n) is 0.786. The van der Waals surface area contributed by atoms with Crippen molar-refractivity contribution in [3.63, 3.8) is 0 Å². The number of carbonyl (C=O) groups is 3. The number of hydrogen-bond acceptors (Lipinski definition) is 6. The zero-order chi connectivity index (χ0) is 13.4. The predicted molar refractivity (Wildman–Crippen MR) is 63.7 cm³/mol. The molecular formula is C9H10N4O4S. The number of rotatable bonds is 2. The molecule has 1 rings (SSSR count). The summed E-state index contributed by atoms with van der Waals surface area (Å²) in [6.45, 7) is 0. The molecule has 0 atom stereocenters. The molecule has 0 aromatic carbocycles. The molecule has 1 heterocycles. The number of amides is 3. The number of nitrogens with one attached hydrogen (secondary N) is 3. The lowest BCUT2D eigenvalue weighted by Gasteiger charge is -2.03. The molecule has 0 saturated heterocycles. The smallest absolute Gasteiger partial charge is 0.425 e. The highest BCUT2D eigenvalue weighted by atomic mass is 32.1. The van der Waals surface area contributed by atoms with Crippen LogP contribution in [0.1, 0.15) is 4.88 Å². The van der Waals surface area contributed by atoms with E-state index in [1.165, 1.54) is 17.6 Å². The Labute approximate surface area is 106 Å². The zero-order valence-corrected chi connectivity index (χ0v) is 10.1. The molecule has 0 bridgehead atoms. The van der Waals surface area contributed by atoms with Crippen LogP contribution in [0.3, 0.4) is 0 Å². The van der Waals surface area contributed by atoms with Crippen molar-refractivity contribution in [1.29, 1.82) is 0 Å². The minimum Gasteiger partial charge on any atom is -0.452 e. The van der Waals surface area contributed by atoms with E-state index < -0.39 is 17.9 Å². The van der Waals surface area contributed by atoms with Crippen LogP contribution in [0.2, 0.25) is 0 Å². The number of ether oxygens (including phenoxy) is 1. The Morgan fingerprint density at radius 2 is 2.11 bits per heavy atom. The summed E-state index contributed by atoms with van der Waals surface area (Å²) in [6.07, 6.45) is 0.502. The highest BCUT2D eigenvalue weighted by Crippen LogP contribution is 2.03. The van der Waals surface area contributed by atoms with Gasteiger partial charge in [-0.1, -0.05) is 6.07 Å². The molecule has 3 amide bonds. The number of thiophene rings is 1. The van der Waals surface area contributed by atoms with Crippen LogP contribution in [0.15, 0.2) is 22.6 Å². The van der Waals surface area contributed by atoms with Gasteiger partial charge in [0.25, 0.3) is 0 Å². The zero-order valence-electron chi connectivity index (χ0n) is 9.30. The molecule has 1 aromatic rings. The summed E-state index contributed by atoms with van der Waals surface area (Å²) in [5.74, 6) is -2.08. The SMILES string of the molecule is COC(=O)NNC(=O)C(=O)N/N=C\c1cccs1. The average molecular weight is 270 g/mol. The van der Waals surface area contributed by atoms with Crippen molar-refractivity contribution in [2.75, 3.05) is 7.11 Å². The van der Waals surface area contributed by atoms with Crippen molar-refractivity contribution < 1.29 is 19.1 Å². The second-order valence-corrected chi connectivity index (χ2v) is 3.76. The molecule has 9 heteroatoms. The van der Waals surface area contributed by atoms with Crippen molar-refractivity contribution in [2.24, 2.45) is 5.10 Å². The summed E-state index contributed by atoms with van der Waals surface area (Å²) in [7, 11) is 1.12. The molecule has 0 radical (unpaired) electrons. The molecule has 0 aliphatic heterocycles. The maximum Gasteiger partial charge on any atom is 0.425 e. The summed E-state index contributed by atoms with van der Waals surface area (Å²) < 4.78 is 4.19. The monoisotopic (exact) mass is 270 g/mol. The van der Waals surface area contributed by atoms with Crippen LogP contribution in [0.25, 0.3) is 0 Å². The van der Waals surface area contributed by atoms with Gasteiger partial charge in [0.2, 0.25) is 0 Å². The third-order valence-electron chi connectivity index (χ3n) is 1.57. The molecule has 0 spiro atoms. The van der Waals surface area contributed by atoms with Crippen LogP contribution in [0, 0.1) is 0 Å². The predicted octanol–water partition coefficient (Wildman–Crippen LogP) is -0.415. The fourth-order valence-corrected chi connectivity index (χ4v) is 1.37. The molecule has 8 nitrogen and oxygen atoms in total. The topological polar surface area (TPSA) is 109 Å². The number of methoxy groups -OCH3 is 1. The van der Waals surface area contributed by atoms with E-state index >= 15 is 0 Å². The standard InChI is InChI=1S/C9H10N4O4S/c1-17-9(16)13-12-8(15)7(14)11-10-5-6-3-2-4-18-6/h2-5H,1H3,(H,11,14)(H,12,15)(H,13,16)/b10-5-. The molecule has 0 aliphatic carbocycles. The lowest BCUT2D eigenvalue weighted by molar-refractivity contribution is -0.139. The van der Waals surface area contributed by atoms with Crippen LogP contribution in [-0.4, -0.2) is 31.2 Å². The van der Waals surface area contributed by atoms with Gasteiger partial charge in [0, 0.05) is 4.88 Å². The lowest BCUT2D eigenvalue weighted by Crippen LogP contribution is -2.47. The van der Waals surface area contributed by atoms with Crippen molar-refractivity contribution in [1.82, 2.24) is 16.3 Å². The van der Waals surface area contributed by atoms with Gasteiger partial charge in [-0.2, -0.15) is 5.10 Å². The lowest BCUT2D eigenvalue weighted by atomic mass is 10.5. The third kappa shape index (κ3) is 4.61. The van der Waals surface area contributed by atoms with E-state index in [0.29, 0.717) is 0 Å². The Kier molecular flexibility index (Phi) is 5.32. The molecule has 0 fully saturated rings. The number of nitrogens with zero attached hydrogens (tertiary/aromatic N) is 1. The average Bonchev–Trinajstić information content (AvgIpc) is 2.88. The van der Waals surface area contributed by atoms with Gasteiger partial charge in [-0.3, -0.25) is 15.0 Å². The van der Waals surface area contributed by atoms with Crippen LogP contribution < -0.4 is 16.3 Å². The summed E-state index contributed by atoms with van der Waals surface area (Å²) in [5, 5.41) is 5.41. The van der Waals surface area contributed by atoms with Crippen molar-refractivity contribution in [3.05, 3.63) is 22.4 Å². The Morgan fingerprint density at radius 1 is 1.33 bits per heavy atom. The second-order valence-electron chi connectivity index (χ2n) is 2.79. The normalized spacial score (nSPS) is 9.83. The minimum absolute atomic E-state index is 0.823. The Balaban J connectivity index is 2.32. The molecule has 18 heavy (non-hydrogen) atoms. The number of hydrazine groups is 1. The van der Waals surface area contributed by atoms with E-state index in [2.05, 4.69) is 9.84 Å². The first kappa shape index (κ1) is 13.6. The first-order valence-corrected chi connectivity index (χ1v) is 5.52. The van der Waals surface area contributed by atoms with Crippen molar-refractivity contribution in [3.8, 4) is 0 Å². The molecule has 1 aromatic heterocycles. The van der Waals surface area contributed by atoms with E-state index in [-0.39, 0.29) is 0 Å². The Morgan fingerprint density at radius 3 is 2.72 bits per heavy atom. The highest BCUT2D eigenvalue weighted by Gasteiger charge is 2.13. The van der Waals surface area contributed by atoms with Crippen molar-refractivity contribution >= 4 is 35.5 Å². The summed E-state index contributed by atoms with van der Waals surface area (Å²) in [4.78, 5) is 33.7. The van der Waals surface area contributed by atoms with Gasteiger partial charge < -0.3 is 4.74 Å². The van der Waals surface area contributed by atoms with Crippen LogP contribution >= 0.6 is 11.3 Å². The molecule has 0 saturated carbocycles. The quantitative estimate of drug-likeness (QED) is 0.385. The maximum absolute atomic E-state index is 11.1. The van der Waals surface area contributed by atoms with Gasteiger partial charge in [-0.25, -0.2) is 15.6 Å². The minimum atomic E-state index is -1.07. The number of hydrogen-bond donors (Lipinski definition) is 3. The van der Waals surface area contributed by atoms with Crippen LogP contribution in [-0.2, 0) is 14.3 Å². The summed E-state index contributed by atoms with van der Waals surface area (Å²) >= 11 is 1.43. The highest BCUT2D eigenvalue weighted by molar-refractivity contribution is 7.11. The van der Waals surface area contributed by atoms with E-state index in [1.807, 2.05) is 27.7 Å². The molecular weight excluding hydrogens is 260 g/mol. The van der Waals surface area contributed by atoms with E-state index in [4.69, 9.17) is 0 Å². The summed E-state index contributed by atoms with van der Waals surface area (Å²) in [6, 6.07) is 3.61. The van der Waals surface area contributed by atoms with Crippen LogP contribution in [0.4, 0.5) is 4.79 Å². The van der Waals surface area contributed by atoms with E-state index in [0.717, 1.165) is 12.0 Å². The largest absolute Gasteiger partial charge is 0.452 e. The van der Waals surface area contributed by atoms with Gasteiger partial charge >= 0.3 is 17.9 Å². The Bertz CT molecular complexity index is 457. The first-order valence-electron chi connectivity index (χ1n) is 4.64. The van der Waals surface area contributed by atoms with Crippen molar-refractivity contribution in [2.45, 2.75) is 0 Å². The molecule has 0 unspecified atom stereocenters. The third-order valence-corrected chi connectivity index (χ3v) is 2.38. The van der Waals surface area contributed by atoms with Gasteiger partial charge in [-0.15, -0.1) is 11.3 Å². The van der Waals surface area contributed by atoms with Gasteiger partial charge in [0.15, 0.2) is 0 Å². The van der Waals surface area contributed by atoms with E-state index in [1.54, 1.807) is 6.07 Å². The Hall–Kier alpha value is -2.42. The molecule has 3 N–H and O–H groups in total. The second kappa shape index (κ2) is 7.01. The first-order chi connectivity index (χ1) is 8.63. The maximum atomic E-state index is 11.1. The van der Waals surface area contributed by atoms with E-state index in [9.17, 15) is 14.4 Å². The van der Waals surface area contributed by atoms with Gasteiger partial charge in [0.1, 0.15) is 0 Å². The molecule has 0 aliphatic rings. The number of carbonyl (C=O) groups excluding carboxylic acids is 3. The fraction of sp³-hybridized carbons (Fsp3) is 0.111. The van der Waals surface area contributed by atoms with Gasteiger partial charge in [-0.05, 0) is 11.4 Å². The summed E-state index contributed by atoms with van der Waals surface area (Å²) in [5.41, 5.74) is 5.67. The molecule has 96 valence electrons. The number of hydrazone groups is 1. The van der Waals surface area contributed by atoms with Crippen LogP contribution in [0.5, 0.6) is 0 Å². The van der Waals surface area contributed by atoms with Gasteiger partial charge in [0.05, 0.1) is 13.3 Å².